The number of Topliss-reactive ketones (excluding diaryl/α,β-unsaturated/α-hetero) is 1. The summed E-state index contributed by atoms with van der Waals surface area (Å²) in [5, 5.41) is 26.7. The molecule has 4 aliphatic rings. The first kappa shape index (κ1) is 56.5. The molecule has 5 rings (SSSR count). The van der Waals surface area contributed by atoms with Crippen LogP contribution in [0.3, 0.4) is 0 Å². The van der Waals surface area contributed by atoms with E-state index in [4.69, 9.17) is 18.5 Å². The predicted octanol–water partition coefficient (Wildman–Crippen LogP) is 13.9. The summed E-state index contributed by atoms with van der Waals surface area (Å²) in [7, 11) is 31.0. The van der Waals surface area contributed by atoms with Gasteiger partial charge >= 0.3 is 5.97 Å². The molecule has 29 heteroatoms. The molecule has 0 aromatic heterocycles. The minimum Gasteiger partial charge on any atom is -0.455 e. The first-order chi connectivity index (χ1) is 25.4. The van der Waals surface area contributed by atoms with Crippen LogP contribution in [-0.2, 0) is 23.3 Å². The third-order valence-corrected chi connectivity index (χ3v) is 104. The van der Waals surface area contributed by atoms with Gasteiger partial charge in [-0.1, -0.05) is 47.9 Å². The van der Waals surface area contributed by atoms with Gasteiger partial charge in [-0.25, -0.2) is 4.79 Å². The molecule has 313 valence electrons. The Hall–Kier alpha value is 7.94. The number of carbonyl (C=O) groups excluding carboxylic acids is 2. The van der Waals surface area contributed by atoms with E-state index >= 15 is 4.79 Å². The van der Waals surface area contributed by atoms with Crippen molar-refractivity contribution in [1.29, 1.82) is 0 Å². The average molecular weight is 1350 g/mol. The zero-order valence-electron chi connectivity index (χ0n) is 31.4. The standard InChI is InChI=1S/C27H54O8P20.Ac/c1-14-17(34-48(54(46)51(40)41)55(52(42)43)53(44)45)12-27(31)22(33-23(29)15-8-6-5-7-9-15)21-25(4,11-16(28)20(14)24(27,2)3)18(10-19-26(21,30)13-32-19)35-47(49(36)37)50(38)39;/h5-9,17-19,21-22,30-31H,10-13,36-46H2,1-4H3;/t17?,18?,19?,21?,22?,25-,26?,27?,48?,54?;/m1./s1. The number of esters is 1. The summed E-state index contributed by atoms with van der Waals surface area (Å²) in [6.07, 6.45) is -2.47. The maximum Gasteiger partial charge on any atom is 0.338 e. The molecule has 1 aliphatic heterocycles. The van der Waals surface area contributed by atoms with E-state index in [9.17, 15) is 15.0 Å². The fraction of sp³-hybridized carbons (Fsp3) is 0.630. The average Bonchev–Trinajstić information content (AvgIpc) is 3.07. The van der Waals surface area contributed by atoms with Gasteiger partial charge in [0.15, 0.2) is 5.78 Å². The van der Waals surface area contributed by atoms with Crippen molar-refractivity contribution in [1.82, 2.24) is 0 Å². The van der Waals surface area contributed by atoms with E-state index in [1.165, 1.54) is 0 Å². The van der Waals surface area contributed by atoms with Crippen LogP contribution in [0.4, 0.5) is 0 Å². The number of ether oxygens (including phenoxy) is 2. The molecule has 2 saturated carbocycles. The smallest absolute Gasteiger partial charge is 0.338 e. The zero-order valence-corrected chi connectivity index (χ0v) is 56.9. The number of ketones is 1. The molecule has 0 amide bonds. The van der Waals surface area contributed by atoms with Crippen molar-refractivity contribution in [2.45, 2.75) is 82.6 Å². The summed E-state index contributed by atoms with van der Waals surface area (Å²) in [5.41, 5.74) is -3.83. The van der Waals surface area contributed by atoms with Gasteiger partial charge in [0.1, 0.15) is 17.3 Å². The first-order valence-corrected chi connectivity index (χ1v) is 51.4. The summed E-state index contributed by atoms with van der Waals surface area (Å²) in [5.74, 6) is -1.59. The third kappa shape index (κ3) is 11.6. The number of fused-ring (bicyclic) bond motifs is 5. The van der Waals surface area contributed by atoms with Gasteiger partial charge in [-0.05, 0) is 59.6 Å². The van der Waals surface area contributed by atoms with Crippen LogP contribution in [0.1, 0.15) is 57.3 Å². The van der Waals surface area contributed by atoms with E-state index in [1.807, 2.05) is 33.8 Å². The van der Waals surface area contributed by atoms with Gasteiger partial charge in [0.25, 0.3) is 0 Å². The fourth-order valence-corrected chi connectivity index (χ4v) is 137. The molecular weight excluding hydrogens is 1300 g/mol. The summed E-state index contributed by atoms with van der Waals surface area (Å²) in [6.45, 7) is 3.80. The minimum atomic E-state index is -1.83. The van der Waals surface area contributed by atoms with E-state index in [0.717, 1.165) is 5.57 Å². The maximum atomic E-state index is 15.3. The Kier molecular flexibility index (Phi) is 23.5. The number of hydrogen-bond acceptors (Lipinski definition) is 8. The summed E-state index contributed by atoms with van der Waals surface area (Å²) in [4.78, 5) is 29.6. The topological polar surface area (TPSA) is 112 Å². The molecule has 8 nitrogen and oxygen atoms in total. The Labute approximate surface area is 404 Å². The molecule has 3 fully saturated rings. The molecule has 21 atom stereocenters. The van der Waals surface area contributed by atoms with E-state index in [-0.39, 0.29) is 69.3 Å². The fourth-order valence-electron chi connectivity index (χ4n) is 8.53. The molecule has 56 heavy (non-hydrogen) atoms. The largest absolute Gasteiger partial charge is 0.455 e. The van der Waals surface area contributed by atoms with Gasteiger partial charge in [0.05, 0.1) is 45.5 Å². The molecule has 20 unspecified atom stereocenters. The Morgan fingerprint density at radius 3 is 1.89 bits per heavy atom. The summed E-state index contributed by atoms with van der Waals surface area (Å²) in [6, 6.07) is 8.79. The van der Waals surface area contributed by atoms with Gasteiger partial charge in [-0.15, -0.1) is 89.3 Å². The van der Waals surface area contributed by atoms with Crippen LogP contribution in [0.25, 0.3) is 0 Å². The van der Waals surface area contributed by atoms with Crippen molar-refractivity contribution in [3.05, 3.63) is 47.0 Å². The van der Waals surface area contributed by atoms with Crippen molar-refractivity contribution >= 4 is 174 Å². The normalized spacial score (nSPS) is 33.9. The molecule has 1 radical (unpaired) electrons. The van der Waals surface area contributed by atoms with Gasteiger partial charge in [-0.3, -0.25) is 4.79 Å². The molecular formula is C27H54AcO8P20. The minimum absolute atomic E-state index is 0. The second-order valence-corrected chi connectivity index (χ2v) is 87.2. The molecule has 2 bridgehead atoms. The van der Waals surface area contributed by atoms with Crippen molar-refractivity contribution in [3.8, 4) is 0 Å². The van der Waals surface area contributed by atoms with Gasteiger partial charge < -0.3 is 28.7 Å². The van der Waals surface area contributed by atoms with Crippen LogP contribution in [-0.4, -0.2) is 64.2 Å². The van der Waals surface area contributed by atoms with Gasteiger partial charge in [-0.2, -0.15) is 0 Å². The number of aliphatic hydroxyl groups is 2. The van der Waals surface area contributed by atoms with Crippen LogP contribution in [0.2, 0.25) is 0 Å². The van der Waals surface area contributed by atoms with E-state index in [0.29, 0.717) is 17.6 Å². The predicted molar refractivity (Wildman–Crippen MR) is 291 cm³/mol. The van der Waals surface area contributed by atoms with Crippen LogP contribution in [0.15, 0.2) is 41.5 Å². The van der Waals surface area contributed by atoms with Crippen molar-refractivity contribution in [2.24, 2.45) is 16.7 Å². The molecule has 3 aliphatic carbocycles. The van der Waals surface area contributed by atoms with Crippen LogP contribution in [0.5, 0.6) is 0 Å². The van der Waals surface area contributed by atoms with E-state index in [1.54, 1.807) is 24.3 Å². The van der Waals surface area contributed by atoms with Crippen molar-refractivity contribution < 1.29 is 82.4 Å². The zero-order chi connectivity index (χ0) is 41.2. The second kappa shape index (κ2) is 23.2. The quantitative estimate of drug-likeness (QED) is 0.148. The summed E-state index contributed by atoms with van der Waals surface area (Å²) < 4.78 is 27.4. The molecule has 0 spiro atoms. The monoisotopic (exact) mass is 1350 g/mol. The third-order valence-electron chi connectivity index (χ3n) is 11.2. The van der Waals surface area contributed by atoms with E-state index in [2.05, 4.69) is 98.2 Å². The molecule has 2 N–H and O–H groups in total. The number of benzene rings is 1. The van der Waals surface area contributed by atoms with Crippen molar-refractivity contribution in [3.63, 3.8) is 0 Å². The maximum absolute atomic E-state index is 15.3. The second-order valence-electron chi connectivity index (χ2n) is 14.8. The Balaban J connectivity index is 0.00000696. The van der Waals surface area contributed by atoms with Crippen LogP contribution >= 0.6 is 162 Å². The number of rotatable bonds is 13. The molecule has 1 aromatic carbocycles. The Bertz CT molecular complexity index is 1600. The molecule has 1 aromatic rings. The summed E-state index contributed by atoms with van der Waals surface area (Å²) >= 11 is 0. The Morgan fingerprint density at radius 2 is 1.41 bits per heavy atom. The van der Waals surface area contributed by atoms with Gasteiger partial charge in [0.2, 0.25) is 0 Å². The SMILES string of the molecule is CC1=C2C(=O)C[C@]3(C)C(OP(P(P)P)P(P)P)CC4OCC4(O)C3C(OC(=O)c3ccccc3)C(O)(CC1OP(P(P)P(P)P)P(P(P)P)P(P)P)C2(C)C.[Ac]. The first-order valence-electron chi connectivity index (χ1n) is 16.8. The Morgan fingerprint density at radius 1 is 0.839 bits per heavy atom. The van der Waals surface area contributed by atoms with Crippen LogP contribution in [0, 0.1) is 60.8 Å². The van der Waals surface area contributed by atoms with Crippen LogP contribution < -0.4 is 0 Å². The molecule has 1 saturated heterocycles. The van der Waals surface area contributed by atoms with E-state index < -0.39 is 122 Å². The van der Waals surface area contributed by atoms with Gasteiger partial charge in [0, 0.05) is 99.6 Å². The number of hydrogen-bond donors (Lipinski definition) is 2. The van der Waals surface area contributed by atoms with Crippen molar-refractivity contribution in [2.75, 3.05) is 6.61 Å². The molecule has 1 heterocycles. The number of carbonyl (C=O) groups is 2.